The van der Waals surface area contributed by atoms with E-state index in [-0.39, 0.29) is 17.9 Å². The van der Waals surface area contributed by atoms with E-state index in [1.165, 1.54) is 0 Å². The number of piperidine rings is 1. The van der Waals surface area contributed by atoms with E-state index in [1.54, 1.807) is 4.90 Å². The van der Waals surface area contributed by atoms with Gasteiger partial charge in [0.15, 0.2) is 0 Å². The predicted octanol–water partition coefficient (Wildman–Crippen LogP) is -1.82. The summed E-state index contributed by atoms with van der Waals surface area (Å²) in [6, 6.07) is -0.748. The molecule has 8 nitrogen and oxygen atoms in total. The lowest BCUT2D eigenvalue weighted by Crippen LogP contribution is -2.59. The number of likely N-dealkylation sites (tertiary alicyclic amines) is 1. The van der Waals surface area contributed by atoms with Crippen molar-refractivity contribution in [2.24, 2.45) is 0 Å². The zero-order chi connectivity index (χ0) is 14.2. The van der Waals surface area contributed by atoms with Crippen LogP contribution in [0.1, 0.15) is 12.8 Å². The van der Waals surface area contributed by atoms with Crippen molar-refractivity contribution in [3.05, 3.63) is 0 Å². The average molecular weight is 282 g/mol. The lowest BCUT2D eigenvalue weighted by Gasteiger charge is -2.38. The van der Waals surface area contributed by atoms with E-state index in [0.717, 1.165) is 0 Å². The van der Waals surface area contributed by atoms with Gasteiger partial charge in [-0.1, -0.05) is 0 Å². The van der Waals surface area contributed by atoms with Gasteiger partial charge in [0.2, 0.25) is 5.91 Å². The molecule has 0 aromatic rings. The van der Waals surface area contributed by atoms with Crippen LogP contribution in [-0.2, 0) is 14.3 Å². The van der Waals surface area contributed by atoms with Crippen LogP contribution in [0.4, 0.5) is 4.79 Å². The zero-order valence-corrected chi connectivity index (χ0v) is 11.1. The zero-order valence-electron chi connectivity index (χ0n) is 11.1. The lowest BCUT2D eigenvalue weighted by molar-refractivity contribution is -0.140. The summed E-state index contributed by atoms with van der Waals surface area (Å²) in [6.45, 7) is 2.61. The van der Waals surface area contributed by atoms with Crippen LogP contribution in [0.15, 0.2) is 0 Å². The molecule has 4 amide bonds. The fraction of sp³-hybridized carbons (Fsp3) is 0.750. The SMILES string of the molecule is O=C1NC(=O)C2(CCN(C(=O)C3COCCN3)CC2)N1. The van der Waals surface area contributed by atoms with E-state index in [4.69, 9.17) is 4.74 Å². The molecule has 3 N–H and O–H groups in total. The first-order valence-electron chi connectivity index (χ1n) is 6.84. The van der Waals surface area contributed by atoms with Crippen LogP contribution >= 0.6 is 0 Å². The topological polar surface area (TPSA) is 99.8 Å². The molecule has 0 aromatic heterocycles. The Morgan fingerprint density at radius 1 is 1.30 bits per heavy atom. The van der Waals surface area contributed by atoms with Crippen molar-refractivity contribution in [2.75, 3.05) is 32.8 Å². The molecular formula is C12H18N4O4. The average Bonchev–Trinajstić information content (AvgIpc) is 2.74. The molecule has 20 heavy (non-hydrogen) atoms. The predicted molar refractivity (Wildman–Crippen MR) is 67.8 cm³/mol. The Balaban J connectivity index is 1.59. The fourth-order valence-corrected chi connectivity index (χ4v) is 2.93. The molecule has 3 heterocycles. The molecule has 1 atom stereocenters. The Labute approximate surface area is 116 Å². The van der Waals surface area contributed by atoms with Crippen LogP contribution < -0.4 is 16.0 Å². The van der Waals surface area contributed by atoms with Gasteiger partial charge in [0.05, 0.1) is 13.2 Å². The molecule has 3 fully saturated rings. The number of morpholine rings is 1. The minimum absolute atomic E-state index is 0.00396. The first-order valence-corrected chi connectivity index (χ1v) is 6.84. The van der Waals surface area contributed by atoms with Gasteiger partial charge >= 0.3 is 6.03 Å². The van der Waals surface area contributed by atoms with Crippen molar-refractivity contribution in [1.82, 2.24) is 20.9 Å². The van der Waals surface area contributed by atoms with E-state index >= 15 is 0 Å². The third-order valence-electron chi connectivity index (χ3n) is 4.16. The number of urea groups is 1. The van der Waals surface area contributed by atoms with Crippen LogP contribution in [0, 0.1) is 0 Å². The Bertz CT molecular complexity index is 439. The van der Waals surface area contributed by atoms with Gasteiger partial charge in [-0.3, -0.25) is 14.9 Å². The fourth-order valence-electron chi connectivity index (χ4n) is 2.93. The monoisotopic (exact) mass is 282 g/mol. The molecule has 0 radical (unpaired) electrons. The molecule has 0 saturated carbocycles. The van der Waals surface area contributed by atoms with E-state index in [2.05, 4.69) is 16.0 Å². The number of hydrogen-bond donors (Lipinski definition) is 3. The highest BCUT2D eigenvalue weighted by Crippen LogP contribution is 2.25. The Morgan fingerprint density at radius 2 is 2.05 bits per heavy atom. The molecule has 3 aliphatic rings. The van der Waals surface area contributed by atoms with Crippen molar-refractivity contribution in [3.63, 3.8) is 0 Å². The van der Waals surface area contributed by atoms with E-state index in [0.29, 0.717) is 45.7 Å². The number of ether oxygens (including phenoxy) is 1. The number of imide groups is 1. The van der Waals surface area contributed by atoms with Crippen molar-refractivity contribution >= 4 is 17.8 Å². The summed E-state index contributed by atoms with van der Waals surface area (Å²) in [6.07, 6.45) is 0.897. The van der Waals surface area contributed by atoms with E-state index < -0.39 is 11.6 Å². The van der Waals surface area contributed by atoms with Crippen LogP contribution in [0.25, 0.3) is 0 Å². The second-order valence-corrected chi connectivity index (χ2v) is 5.40. The second kappa shape index (κ2) is 5.02. The van der Waals surface area contributed by atoms with Crippen molar-refractivity contribution in [2.45, 2.75) is 24.4 Å². The van der Waals surface area contributed by atoms with Crippen molar-refractivity contribution < 1.29 is 19.1 Å². The van der Waals surface area contributed by atoms with Crippen LogP contribution in [0.5, 0.6) is 0 Å². The molecular weight excluding hydrogens is 264 g/mol. The van der Waals surface area contributed by atoms with Crippen LogP contribution in [0.3, 0.4) is 0 Å². The number of carbonyl (C=O) groups is 3. The molecule has 3 saturated heterocycles. The van der Waals surface area contributed by atoms with Gasteiger partial charge in [-0.25, -0.2) is 4.79 Å². The normalized spacial score (nSPS) is 29.2. The quantitative estimate of drug-likeness (QED) is 0.492. The number of amides is 4. The molecule has 8 heteroatoms. The standard InChI is InChI=1S/C12H18N4O4/c17-9(8-7-20-6-3-13-8)16-4-1-12(2-5-16)10(18)14-11(19)15-12/h8,13H,1-7H2,(H2,14,15,18,19). The maximum absolute atomic E-state index is 12.3. The van der Waals surface area contributed by atoms with Crippen molar-refractivity contribution in [1.29, 1.82) is 0 Å². The van der Waals surface area contributed by atoms with Crippen molar-refractivity contribution in [3.8, 4) is 0 Å². The number of nitrogens with zero attached hydrogens (tertiary/aromatic N) is 1. The van der Waals surface area contributed by atoms with Gasteiger partial charge in [-0.15, -0.1) is 0 Å². The van der Waals surface area contributed by atoms with Gasteiger partial charge in [0, 0.05) is 19.6 Å². The molecule has 1 unspecified atom stereocenters. The summed E-state index contributed by atoms with van der Waals surface area (Å²) >= 11 is 0. The highest BCUT2D eigenvalue weighted by atomic mass is 16.5. The number of carbonyl (C=O) groups excluding carboxylic acids is 3. The van der Waals surface area contributed by atoms with Gasteiger partial charge in [-0.05, 0) is 12.8 Å². The molecule has 3 rings (SSSR count). The smallest absolute Gasteiger partial charge is 0.322 e. The van der Waals surface area contributed by atoms with Crippen LogP contribution in [-0.4, -0.2) is 67.2 Å². The van der Waals surface area contributed by atoms with Gasteiger partial charge in [0.25, 0.3) is 5.91 Å². The minimum Gasteiger partial charge on any atom is -0.378 e. The summed E-state index contributed by atoms with van der Waals surface area (Å²) in [5, 5.41) is 8.07. The second-order valence-electron chi connectivity index (χ2n) is 5.40. The van der Waals surface area contributed by atoms with E-state index in [1.807, 2.05) is 0 Å². The maximum atomic E-state index is 12.3. The highest BCUT2D eigenvalue weighted by molar-refractivity contribution is 6.07. The third-order valence-corrected chi connectivity index (χ3v) is 4.16. The molecule has 1 spiro atoms. The largest absolute Gasteiger partial charge is 0.378 e. The lowest BCUT2D eigenvalue weighted by atomic mass is 9.87. The summed E-state index contributed by atoms with van der Waals surface area (Å²) in [5.74, 6) is -0.280. The summed E-state index contributed by atoms with van der Waals surface area (Å²) in [7, 11) is 0. The summed E-state index contributed by atoms with van der Waals surface area (Å²) < 4.78 is 5.29. The van der Waals surface area contributed by atoms with Crippen LogP contribution in [0.2, 0.25) is 0 Å². The Kier molecular flexibility index (Phi) is 3.35. The molecule has 0 aromatic carbocycles. The van der Waals surface area contributed by atoms with Gasteiger partial charge < -0.3 is 20.3 Å². The molecule has 110 valence electrons. The molecule has 0 bridgehead atoms. The van der Waals surface area contributed by atoms with Gasteiger partial charge in [-0.2, -0.15) is 0 Å². The highest BCUT2D eigenvalue weighted by Gasteiger charge is 2.48. The first kappa shape index (κ1) is 13.3. The molecule has 3 aliphatic heterocycles. The first-order chi connectivity index (χ1) is 9.61. The summed E-state index contributed by atoms with van der Waals surface area (Å²) in [5.41, 5.74) is -0.829. The number of rotatable bonds is 1. The Morgan fingerprint density at radius 3 is 2.60 bits per heavy atom. The number of hydrogen-bond acceptors (Lipinski definition) is 5. The number of nitrogens with one attached hydrogen (secondary N) is 3. The maximum Gasteiger partial charge on any atom is 0.322 e. The Hall–Kier alpha value is -1.67. The van der Waals surface area contributed by atoms with E-state index in [9.17, 15) is 14.4 Å². The van der Waals surface area contributed by atoms with Gasteiger partial charge in [0.1, 0.15) is 11.6 Å². The third kappa shape index (κ3) is 2.25. The molecule has 0 aliphatic carbocycles. The minimum atomic E-state index is -0.829. The summed E-state index contributed by atoms with van der Waals surface area (Å²) in [4.78, 5) is 37.1.